The number of methoxy groups -OCH3 is 1. The molecule has 2 aromatic carbocycles. The summed E-state index contributed by atoms with van der Waals surface area (Å²) >= 11 is 23.3. The summed E-state index contributed by atoms with van der Waals surface area (Å²) in [6, 6.07) is 13.7. The molecule has 0 radical (unpaired) electrons. The molecule has 0 bridgehead atoms. The Morgan fingerprint density at radius 1 is 1.07 bits per heavy atom. The van der Waals surface area contributed by atoms with Gasteiger partial charge in [-0.3, -0.25) is 10.1 Å². The fraction of sp³-hybridized carbons (Fsp3) is 0.0476. The zero-order valence-electron chi connectivity index (χ0n) is 15.5. The SMILES string of the molecule is COc1ccc(NC(=S)NC(=O)/C=C/c2ccc(-c3ccc(Cl)cc3Cl)o2)cc1Cl. The van der Waals surface area contributed by atoms with Crippen LogP contribution in [-0.2, 0) is 4.79 Å². The van der Waals surface area contributed by atoms with Gasteiger partial charge in [-0.1, -0.05) is 34.8 Å². The van der Waals surface area contributed by atoms with Gasteiger partial charge in [-0.15, -0.1) is 0 Å². The molecule has 1 amide bonds. The number of nitrogens with one attached hydrogen (secondary N) is 2. The minimum atomic E-state index is -0.422. The number of hydrogen-bond donors (Lipinski definition) is 2. The summed E-state index contributed by atoms with van der Waals surface area (Å²) in [6.07, 6.45) is 2.83. The maximum Gasteiger partial charge on any atom is 0.250 e. The minimum Gasteiger partial charge on any atom is -0.495 e. The minimum absolute atomic E-state index is 0.124. The molecule has 0 atom stereocenters. The van der Waals surface area contributed by atoms with Crippen molar-refractivity contribution in [1.29, 1.82) is 0 Å². The van der Waals surface area contributed by atoms with E-state index < -0.39 is 5.91 Å². The Morgan fingerprint density at radius 3 is 2.57 bits per heavy atom. The molecule has 0 aliphatic rings. The lowest BCUT2D eigenvalue weighted by atomic mass is 10.2. The second-order valence-corrected chi connectivity index (χ2v) is 7.61. The Morgan fingerprint density at radius 2 is 1.87 bits per heavy atom. The highest BCUT2D eigenvalue weighted by Crippen LogP contribution is 2.31. The standard InChI is InChI=1S/C21H15Cl3N2O3S/c1-28-19-7-3-13(11-17(19)24)25-21(30)26-20(27)9-5-14-4-8-18(29-14)15-6-2-12(22)10-16(15)23/h2-11H,1H3,(H2,25,26,27,30)/b9-5+. The lowest BCUT2D eigenvalue weighted by Gasteiger charge is -2.10. The predicted octanol–water partition coefficient (Wildman–Crippen LogP) is 6.44. The number of thiocarbonyl (C=S) groups is 1. The molecule has 0 aliphatic heterocycles. The molecule has 0 unspecified atom stereocenters. The third-order valence-electron chi connectivity index (χ3n) is 3.87. The Labute approximate surface area is 193 Å². The maximum absolute atomic E-state index is 12.1. The van der Waals surface area contributed by atoms with Crippen LogP contribution >= 0.6 is 47.0 Å². The van der Waals surface area contributed by atoms with E-state index in [-0.39, 0.29) is 5.11 Å². The summed E-state index contributed by atoms with van der Waals surface area (Å²) in [4.78, 5) is 12.1. The number of halogens is 3. The van der Waals surface area contributed by atoms with Crippen molar-refractivity contribution in [1.82, 2.24) is 5.32 Å². The van der Waals surface area contributed by atoms with Crippen molar-refractivity contribution in [2.24, 2.45) is 0 Å². The van der Waals surface area contributed by atoms with Crippen LogP contribution in [0, 0.1) is 0 Å². The van der Waals surface area contributed by atoms with Crippen molar-refractivity contribution in [2.75, 3.05) is 12.4 Å². The highest BCUT2D eigenvalue weighted by Gasteiger charge is 2.09. The molecule has 1 heterocycles. The van der Waals surface area contributed by atoms with Crippen LogP contribution in [0.25, 0.3) is 17.4 Å². The first kappa shape index (κ1) is 22.2. The van der Waals surface area contributed by atoms with E-state index in [0.29, 0.717) is 43.6 Å². The predicted molar refractivity (Wildman–Crippen MR) is 126 cm³/mol. The van der Waals surface area contributed by atoms with Gasteiger partial charge in [0, 0.05) is 22.3 Å². The Bertz CT molecular complexity index is 1130. The van der Waals surface area contributed by atoms with E-state index in [1.165, 1.54) is 19.3 Å². The first-order chi connectivity index (χ1) is 14.4. The first-order valence-corrected chi connectivity index (χ1v) is 10.1. The molecule has 0 fully saturated rings. The van der Waals surface area contributed by atoms with Gasteiger partial charge in [0.2, 0.25) is 5.91 Å². The van der Waals surface area contributed by atoms with E-state index in [2.05, 4.69) is 10.6 Å². The van der Waals surface area contributed by atoms with Crippen LogP contribution in [0.4, 0.5) is 5.69 Å². The van der Waals surface area contributed by atoms with E-state index in [9.17, 15) is 4.79 Å². The van der Waals surface area contributed by atoms with Crippen molar-refractivity contribution < 1.29 is 13.9 Å². The quantitative estimate of drug-likeness (QED) is 0.324. The average Bonchev–Trinajstić information content (AvgIpc) is 3.15. The fourth-order valence-corrected chi connectivity index (χ4v) is 3.47. The van der Waals surface area contributed by atoms with Gasteiger partial charge >= 0.3 is 0 Å². The van der Waals surface area contributed by atoms with Gasteiger partial charge in [-0.2, -0.15) is 0 Å². The topological polar surface area (TPSA) is 63.5 Å². The number of ether oxygens (including phenoxy) is 1. The zero-order chi connectivity index (χ0) is 21.7. The Kier molecular flexibility index (Phi) is 7.39. The second kappa shape index (κ2) is 10.00. The number of amides is 1. The van der Waals surface area contributed by atoms with E-state index in [4.69, 9.17) is 56.2 Å². The van der Waals surface area contributed by atoms with Gasteiger partial charge in [0.05, 0.1) is 17.2 Å². The number of carbonyl (C=O) groups excluding carboxylic acids is 1. The molecule has 3 aromatic rings. The van der Waals surface area contributed by atoms with Gasteiger partial charge in [-0.25, -0.2) is 0 Å². The van der Waals surface area contributed by atoms with Crippen LogP contribution in [0.3, 0.4) is 0 Å². The molecule has 0 aliphatic carbocycles. The number of hydrogen-bond acceptors (Lipinski definition) is 4. The third kappa shape index (κ3) is 5.77. The van der Waals surface area contributed by atoms with Crippen molar-refractivity contribution in [3.05, 3.63) is 75.4 Å². The molecule has 0 spiro atoms. The molecule has 0 saturated heterocycles. The first-order valence-electron chi connectivity index (χ1n) is 8.54. The molecule has 1 aromatic heterocycles. The lowest BCUT2D eigenvalue weighted by molar-refractivity contribution is -0.115. The van der Waals surface area contributed by atoms with E-state index >= 15 is 0 Å². The van der Waals surface area contributed by atoms with Gasteiger partial charge in [0.25, 0.3) is 0 Å². The van der Waals surface area contributed by atoms with Gasteiger partial charge in [-0.05, 0) is 66.8 Å². The maximum atomic E-state index is 12.1. The number of carbonyl (C=O) groups is 1. The highest BCUT2D eigenvalue weighted by molar-refractivity contribution is 7.80. The molecule has 2 N–H and O–H groups in total. The van der Waals surface area contributed by atoms with Crippen molar-refractivity contribution >= 4 is 69.8 Å². The summed E-state index contributed by atoms with van der Waals surface area (Å²) in [5, 5.41) is 6.97. The lowest BCUT2D eigenvalue weighted by Crippen LogP contribution is -2.32. The van der Waals surface area contributed by atoms with Crippen LogP contribution < -0.4 is 15.4 Å². The monoisotopic (exact) mass is 480 g/mol. The van der Waals surface area contributed by atoms with Crippen LogP contribution in [-0.4, -0.2) is 18.1 Å². The molecule has 154 valence electrons. The molecule has 3 rings (SSSR count). The van der Waals surface area contributed by atoms with Gasteiger partial charge in [0.1, 0.15) is 17.3 Å². The smallest absolute Gasteiger partial charge is 0.250 e. The molecule has 0 saturated carbocycles. The van der Waals surface area contributed by atoms with Crippen molar-refractivity contribution in [3.63, 3.8) is 0 Å². The Balaban J connectivity index is 1.59. The van der Waals surface area contributed by atoms with Crippen LogP contribution in [0.5, 0.6) is 5.75 Å². The van der Waals surface area contributed by atoms with Crippen LogP contribution in [0.15, 0.2) is 59.0 Å². The number of benzene rings is 2. The molecular formula is C21H15Cl3N2O3S. The normalized spacial score (nSPS) is 10.8. The number of furan rings is 1. The summed E-state index contributed by atoms with van der Waals surface area (Å²) < 4.78 is 10.8. The highest BCUT2D eigenvalue weighted by atomic mass is 35.5. The van der Waals surface area contributed by atoms with Crippen molar-refractivity contribution in [3.8, 4) is 17.1 Å². The molecule has 5 nitrogen and oxygen atoms in total. The summed E-state index contributed by atoms with van der Waals surface area (Å²) in [6.45, 7) is 0. The summed E-state index contributed by atoms with van der Waals surface area (Å²) in [7, 11) is 1.53. The summed E-state index contributed by atoms with van der Waals surface area (Å²) in [5.41, 5.74) is 1.32. The fourth-order valence-electron chi connectivity index (χ4n) is 2.49. The third-order valence-corrected chi connectivity index (χ3v) is 4.92. The second-order valence-electron chi connectivity index (χ2n) is 5.95. The van der Waals surface area contributed by atoms with E-state index in [0.717, 1.165) is 0 Å². The van der Waals surface area contributed by atoms with Crippen molar-refractivity contribution in [2.45, 2.75) is 0 Å². The van der Waals surface area contributed by atoms with Gasteiger partial charge < -0.3 is 14.5 Å². The number of rotatable bonds is 5. The largest absolute Gasteiger partial charge is 0.495 e. The molecule has 9 heteroatoms. The van der Waals surface area contributed by atoms with Gasteiger partial charge in [0.15, 0.2) is 5.11 Å². The average molecular weight is 482 g/mol. The number of anilines is 1. The van der Waals surface area contributed by atoms with Crippen LogP contribution in [0.2, 0.25) is 15.1 Å². The zero-order valence-corrected chi connectivity index (χ0v) is 18.6. The van der Waals surface area contributed by atoms with E-state index in [1.807, 2.05) is 0 Å². The van der Waals surface area contributed by atoms with E-state index in [1.54, 1.807) is 48.5 Å². The molecular weight excluding hydrogens is 467 g/mol. The van der Waals surface area contributed by atoms with Crippen LogP contribution in [0.1, 0.15) is 5.76 Å². The summed E-state index contributed by atoms with van der Waals surface area (Å²) in [5.74, 6) is 1.16. The Hall–Kier alpha value is -2.51. The molecule has 30 heavy (non-hydrogen) atoms.